The molecule has 1 heterocycles. The van der Waals surface area contributed by atoms with E-state index >= 15 is 0 Å². The number of hydrogen-bond donors (Lipinski definition) is 1. The highest BCUT2D eigenvalue weighted by Gasteiger charge is 2.30. The smallest absolute Gasteiger partial charge is 0.227 e. The number of carbonyl (C=O) groups excluding carboxylic acids is 1. The van der Waals surface area contributed by atoms with E-state index < -0.39 is 0 Å². The monoisotopic (exact) mass is 245 g/mol. The Kier molecular flexibility index (Phi) is 3.49. The van der Waals surface area contributed by atoms with Gasteiger partial charge in [0.1, 0.15) is 11.8 Å². The van der Waals surface area contributed by atoms with Crippen molar-refractivity contribution in [2.45, 2.75) is 6.42 Å². The number of nitrogens with zero attached hydrogens (tertiary/aromatic N) is 2. The van der Waals surface area contributed by atoms with Gasteiger partial charge in [-0.1, -0.05) is 0 Å². The highest BCUT2D eigenvalue weighted by Crippen LogP contribution is 2.29. The van der Waals surface area contributed by atoms with Crippen LogP contribution in [-0.4, -0.2) is 26.1 Å². The Morgan fingerprint density at radius 2 is 2.39 bits per heavy atom. The molecule has 0 saturated carbocycles. The molecule has 1 atom stereocenters. The molecule has 1 saturated heterocycles. The van der Waals surface area contributed by atoms with Crippen LogP contribution in [0.5, 0.6) is 5.75 Å². The van der Waals surface area contributed by atoms with Gasteiger partial charge >= 0.3 is 0 Å². The predicted octanol–water partition coefficient (Wildman–Crippen LogP) is 0.878. The molecule has 1 unspecified atom stereocenters. The van der Waals surface area contributed by atoms with E-state index in [1.165, 1.54) is 0 Å². The largest absolute Gasteiger partial charge is 0.497 e. The molecule has 1 aromatic carbocycles. The SMILES string of the molecule is COc1ccc(N2CC(CN)CC2=O)c(C#N)c1. The van der Waals surface area contributed by atoms with E-state index in [2.05, 4.69) is 6.07 Å². The molecule has 2 N–H and O–H groups in total. The number of nitrogens with two attached hydrogens (primary N) is 1. The fraction of sp³-hybridized carbons (Fsp3) is 0.385. The van der Waals surface area contributed by atoms with Gasteiger partial charge in [-0.3, -0.25) is 4.79 Å². The first-order valence-corrected chi connectivity index (χ1v) is 5.78. The second kappa shape index (κ2) is 5.07. The summed E-state index contributed by atoms with van der Waals surface area (Å²) in [7, 11) is 1.54. The fourth-order valence-electron chi connectivity index (χ4n) is 2.14. The van der Waals surface area contributed by atoms with Gasteiger partial charge in [0.15, 0.2) is 0 Å². The van der Waals surface area contributed by atoms with Crippen LogP contribution in [0.3, 0.4) is 0 Å². The summed E-state index contributed by atoms with van der Waals surface area (Å²) in [4.78, 5) is 13.5. The first kappa shape index (κ1) is 12.4. The number of nitriles is 1. The van der Waals surface area contributed by atoms with Gasteiger partial charge in [-0.25, -0.2) is 0 Å². The molecule has 0 aromatic heterocycles. The number of carbonyl (C=O) groups is 1. The van der Waals surface area contributed by atoms with Crippen LogP contribution in [0.15, 0.2) is 18.2 Å². The summed E-state index contributed by atoms with van der Waals surface area (Å²) in [5, 5.41) is 9.14. The lowest BCUT2D eigenvalue weighted by Crippen LogP contribution is -2.26. The number of methoxy groups -OCH3 is 1. The molecular weight excluding hydrogens is 230 g/mol. The summed E-state index contributed by atoms with van der Waals surface area (Å²) in [6.45, 7) is 1.07. The third kappa shape index (κ3) is 2.15. The number of amides is 1. The molecule has 5 nitrogen and oxygen atoms in total. The minimum absolute atomic E-state index is 0.0205. The number of hydrogen-bond acceptors (Lipinski definition) is 4. The summed E-state index contributed by atoms with van der Waals surface area (Å²) in [6.07, 6.45) is 0.452. The third-order valence-corrected chi connectivity index (χ3v) is 3.15. The molecule has 5 heteroatoms. The van der Waals surface area contributed by atoms with Crippen molar-refractivity contribution in [2.24, 2.45) is 11.7 Å². The van der Waals surface area contributed by atoms with E-state index in [1.807, 2.05) is 0 Å². The van der Waals surface area contributed by atoms with Crippen molar-refractivity contribution >= 4 is 11.6 Å². The summed E-state index contributed by atoms with van der Waals surface area (Å²) in [6, 6.07) is 7.23. The maximum absolute atomic E-state index is 11.9. The van der Waals surface area contributed by atoms with E-state index in [0.717, 1.165) is 0 Å². The highest BCUT2D eigenvalue weighted by molar-refractivity contribution is 5.97. The molecule has 1 fully saturated rings. The zero-order valence-electron chi connectivity index (χ0n) is 10.2. The predicted molar refractivity (Wildman–Crippen MR) is 67.2 cm³/mol. The molecule has 1 aliphatic heterocycles. The van der Waals surface area contributed by atoms with Gasteiger partial charge in [0.25, 0.3) is 0 Å². The molecule has 0 radical (unpaired) electrons. The Morgan fingerprint density at radius 1 is 1.61 bits per heavy atom. The van der Waals surface area contributed by atoms with Gasteiger partial charge in [-0.2, -0.15) is 5.26 Å². The Labute approximate surface area is 106 Å². The lowest BCUT2D eigenvalue weighted by molar-refractivity contribution is -0.117. The average molecular weight is 245 g/mol. The standard InChI is InChI=1S/C13H15N3O2/c1-18-11-2-3-12(10(5-11)7-15)16-8-9(6-14)4-13(16)17/h2-3,5,9H,4,6,8,14H2,1H3. The molecule has 2 rings (SSSR count). The van der Waals surface area contributed by atoms with Crippen molar-refractivity contribution in [1.82, 2.24) is 0 Å². The van der Waals surface area contributed by atoms with Crippen LogP contribution < -0.4 is 15.4 Å². The van der Waals surface area contributed by atoms with Gasteiger partial charge in [-0.05, 0) is 30.7 Å². The van der Waals surface area contributed by atoms with Gasteiger partial charge in [0.2, 0.25) is 5.91 Å². The van der Waals surface area contributed by atoms with E-state index in [1.54, 1.807) is 30.2 Å². The Balaban J connectivity index is 2.34. The Hall–Kier alpha value is -2.06. The maximum atomic E-state index is 11.9. The maximum Gasteiger partial charge on any atom is 0.227 e. The molecule has 1 aromatic rings. The van der Waals surface area contributed by atoms with E-state index in [4.69, 9.17) is 15.7 Å². The fourth-order valence-corrected chi connectivity index (χ4v) is 2.14. The van der Waals surface area contributed by atoms with Gasteiger partial charge in [-0.15, -0.1) is 0 Å². The van der Waals surface area contributed by atoms with Crippen LogP contribution >= 0.6 is 0 Å². The minimum Gasteiger partial charge on any atom is -0.497 e. The minimum atomic E-state index is 0.0205. The molecule has 0 spiro atoms. The second-order valence-corrected chi connectivity index (χ2v) is 4.31. The molecule has 0 aliphatic carbocycles. The van der Waals surface area contributed by atoms with E-state index in [-0.39, 0.29) is 11.8 Å². The highest BCUT2D eigenvalue weighted by atomic mass is 16.5. The second-order valence-electron chi connectivity index (χ2n) is 4.31. The zero-order valence-corrected chi connectivity index (χ0v) is 10.2. The topological polar surface area (TPSA) is 79.3 Å². The normalized spacial score (nSPS) is 18.8. The molecule has 1 aliphatic rings. The van der Waals surface area contributed by atoms with Crippen molar-refractivity contribution in [2.75, 3.05) is 25.1 Å². The number of rotatable bonds is 3. The van der Waals surface area contributed by atoms with Gasteiger partial charge < -0.3 is 15.4 Å². The van der Waals surface area contributed by atoms with Crippen LogP contribution in [0.25, 0.3) is 0 Å². The first-order chi connectivity index (χ1) is 8.69. The van der Waals surface area contributed by atoms with Crippen molar-refractivity contribution in [3.63, 3.8) is 0 Å². The quantitative estimate of drug-likeness (QED) is 0.857. The van der Waals surface area contributed by atoms with Crippen LogP contribution in [-0.2, 0) is 4.79 Å². The van der Waals surface area contributed by atoms with Crippen molar-refractivity contribution in [3.05, 3.63) is 23.8 Å². The number of ether oxygens (including phenoxy) is 1. The summed E-state index contributed by atoms with van der Waals surface area (Å²) >= 11 is 0. The molecular formula is C13H15N3O2. The lowest BCUT2D eigenvalue weighted by Gasteiger charge is -2.18. The van der Waals surface area contributed by atoms with E-state index in [9.17, 15) is 4.79 Å². The number of anilines is 1. The Morgan fingerprint density at radius 3 is 2.94 bits per heavy atom. The summed E-state index contributed by atoms with van der Waals surface area (Å²) in [5.74, 6) is 0.801. The van der Waals surface area contributed by atoms with Gasteiger partial charge in [0.05, 0.1) is 18.4 Å². The van der Waals surface area contributed by atoms with Crippen LogP contribution in [0.2, 0.25) is 0 Å². The van der Waals surface area contributed by atoms with Crippen molar-refractivity contribution in [3.8, 4) is 11.8 Å². The first-order valence-electron chi connectivity index (χ1n) is 5.78. The third-order valence-electron chi connectivity index (χ3n) is 3.15. The van der Waals surface area contributed by atoms with Crippen LogP contribution in [0, 0.1) is 17.2 Å². The summed E-state index contributed by atoms with van der Waals surface area (Å²) in [5.41, 5.74) is 6.67. The number of benzene rings is 1. The molecule has 1 amide bonds. The van der Waals surface area contributed by atoms with Crippen molar-refractivity contribution in [1.29, 1.82) is 5.26 Å². The van der Waals surface area contributed by atoms with Crippen LogP contribution in [0.1, 0.15) is 12.0 Å². The molecule has 94 valence electrons. The lowest BCUT2D eigenvalue weighted by atomic mass is 10.1. The van der Waals surface area contributed by atoms with Crippen molar-refractivity contribution < 1.29 is 9.53 Å². The molecule has 18 heavy (non-hydrogen) atoms. The Bertz CT molecular complexity index is 507. The van der Waals surface area contributed by atoms with Gasteiger partial charge in [0, 0.05) is 13.0 Å². The zero-order chi connectivity index (χ0) is 13.1. The molecule has 0 bridgehead atoms. The van der Waals surface area contributed by atoms with E-state index in [0.29, 0.717) is 36.5 Å². The van der Waals surface area contributed by atoms with Crippen LogP contribution in [0.4, 0.5) is 5.69 Å². The average Bonchev–Trinajstić information content (AvgIpc) is 2.79. The summed E-state index contributed by atoms with van der Waals surface area (Å²) < 4.78 is 5.07.